The van der Waals surface area contributed by atoms with Crippen LogP contribution in [0.1, 0.15) is 35.9 Å². The number of nitrogens with one attached hydrogen (secondary N) is 2. The van der Waals surface area contributed by atoms with E-state index >= 15 is 0 Å². The molecule has 0 bridgehead atoms. The lowest BCUT2D eigenvalue weighted by atomic mass is 10.1. The van der Waals surface area contributed by atoms with Crippen LogP contribution in [0.15, 0.2) is 34.9 Å². The number of amides is 1. The maximum atomic E-state index is 12.2. The normalized spacial score (nSPS) is 10.3. The van der Waals surface area contributed by atoms with Crippen LogP contribution in [0.5, 0.6) is 0 Å². The van der Waals surface area contributed by atoms with Crippen LogP contribution in [0.25, 0.3) is 0 Å². The number of aryl methyl sites for hydroxylation is 1. The third-order valence-corrected chi connectivity index (χ3v) is 2.89. The third-order valence-electron chi connectivity index (χ3n) is 2.89. The fourth-order valence-electron chi connectivity index (χ4n) is 1.87. The number of anilines is 1. The van der Waals surface area contributed by atoms with Gasteiger partial charge in [-0.2, -0.15) is 0 Å². The number of carbonyl (C=O) groups is 1. The molecule has 5 nitrogen and oxygen atoms in total. The molecule has 5 heteroatoms. The van der Waals surface area contributed by atoms with Gasteiger partial charge in [0, 0.05) is 18.7 Å². The van der Waals surface area contributed by atoms with Crippen molar-refractivity contribution in [3.8, 4) is 0 Å². The molecule has 2 rings (SSSR count). The molecule has 0 aliphatic carbocycles. The van der Waals surface area contributed by atoms with Crippen molar-refractivity contribution in [2.24, 2.45) is 0 Å². The largest absolute Gasteiger partial charge is 0.444 e. The van der Waals surface area contributed by atoms with Crippen molar-refractivity contribution < 1.29 is 9.21 Å². The van der Waals surface area contributed by atoms with Crippen molar-refractivity contribution in [2.45, 2.75) is 26.8 Å². The topological polar surface area (TPSA) is 67.2 Å². The Balaban J connectivity index is 2.01. The number of carbonyl (C=O) groups excluding carboxylic acids is 1. The van der Waals surface area contributed by atoms with Crippen molar-refractivity contribution >= 4 is 11.6 Å². The molecule has 20 heavy (non-hydrogen) atoms. The van der Waals surface area contributed by atoms with Gasteiger partial charge in [-0.15, -0.1) is 0 Å². The van der Waals surface area contributed by atoms with E-state index in [1.165, 1.54) is 0 Å². The van der Waals surface area contributed by atoms with Crippen LogP contribution in [0.2, 0.25) is 0 Å². The highest BCUT2D eigenvalue weighted by molar-refractivity contribution is 5.99. The van der Waals surface area contributed by atoms with Gasteiger partial charge >= 0.3 is 0 Å². The molecule has 0 saturated carbocycles. The molecule has 0 fully saturated rings. The maximum Gasteiger partial charge on any atom is 0.253 e. The first-order valence-electron chi connectivity index (χ1n) is 6.79. The minimum atomic E-state index is -0.141. The van der Waals surface area contributed by atoms with Crippen molar-refractivity contribution in [1.82, 2.24) is 10.3 Å². The van der Waals surface area contributed by atoms with E-state index in [9.17, 15) is 4.79 Å². The second-order valence-corrected chi connectivity index (χ2v) is 4.33. The molecule has 2 aromatic rings. The summed E-state index contributed by atoms with van der Waals surface area (Å²) in [5, 5.41) is 5.98. The standard InChI is InChI=1S/C15H19N3O2/c1-3-11-9-17-14(20-11)10-18-15(19)12-7-5-6-8-13(12)16-4-2/h5-9,16H,3-4,10H2,1-2H3,(H,18,19). The zero-order chi connectivity index (χ0) is 14.4. The van der Waals surface area contributed by atoms with Crippen molar-refractivity contribution in [1.29, 1.82) is 0 Å². The summed E-state index contributed by atoms with van der Waals surface area (Å²) in [7, 11) is 0. The van der Waals surface area contributed by atoms with E-state index in [1.807, 2.05) is 32.0 Å². The zero-order valence-corrected chi connectivity index (χ0v) is 11.8. The number of rotatable bonds is 6. The first-order chi connectivity index (χ1) is 9.74. The van der Waals surface area contributed by atoms with Gasteiger partial charge in [0.15, 0.2) is 0 Å². The summed E-state index contributed by atoms with van der Waals surface area (Å²) in [5.41, 5.74) is 1.45. The first-order valence-corrected chi connectivity index (χ1v) is 6.79. The number of benzene rings is 1. The average molecular weight is 273 g/mol. The fraction of sp³-hybridized carbons (Fsp3) is 0.333. The van der Waals surface area contributed by atoms with Crippen molar-refractivity contribution in [3.63, 3.8) is 0 Å². The van der Waals surface area contributed by atoms with Crippen molar-refractivity contribution in [2.75, 3.05) is 11.9 Å². The van der Waals surface area contributed by atoms with E-state index in [2.05, 4.69) is 15.6 Å². The summed E-state index contributed by atoms with van der Waals surface area (Å²) in [6.07, 6.45) is 2.48. The number of aromatic nitrogens is 1. The van der Waals surface area contributed by atoms with Crippen LogP contribution in [-0.4, -0.2) is 17.4 Å². The number of hydrogen-bond donors (Lipinski definition) is 2. The molecule has 0 saturated heterocycles. The third kappa shape index (κ3) is 3.38. The van der Waals surface area contributed by atoms with Gasteiger partial charge < -0.3 is 15.1 Å². The molecule has 1 heterocycles. The summed E-state index contributed by atoms with van der Waals surface area (Å²) in [6.45, 7) is 5.05. The Morgan fingerprint density at radius 1 is 1.30 bits per heavy atom. The maximum absolute atomic E-state index is 12.2. The van der Waals surface area contributed by atoms with Crippen LogP contribution in [0, 0.1) is 0 Å². The Labute approximate surface area is 118 Å². The molecule has 0 unspecified atom stereocenters. The van der Waals surface area contributed by atoms with Gasteiger partial charge in [0.05, 0.1) is 18.3 Å². The zero-order valence-electron chi connectivity index (χ0n) is 11.8. The molecule has 1 amide bonds. The quantitative estimate of drug-likeness (QED) is 0.849. The van der Waals surface area contributed by atoms with Crippen molar-refractivity contribution in [3.05, 3.63) is 47.7 Å². The first kappa shape index (κ1) is 14.1. The molecule has 0 aliphatic rings. The van der Waals surface area contributed by atoms with Crippen LogP contribution >= 0.6 is 0 Å². The van der Waals surface area contributed by atoms with E-state index < -0.39 is 0 Å². The van der Waals surface area contributed by atoms with Gasteiger partial charge in [0.2, 0.25) is 5.89 Å². The number of para-hydroxylation sites is 1. The SMILES string of the molecule is CCNc1ccccc1C(=O)NCc1ncc(CC)o1. The minimum Gasteiger partial charge on any atom is -0.444 e. The fourth-order valence-corrected chi connectivity index (χ4v) is 1.87. The molecule has 0 atom stereocenters. The molecule has 106 valence electrons. The predicted molar refractivity (Wildman–Crippen MR) is 77.7 cm³/mol. The van der Waals surface area contributed by atoms with Crippen LogP contribution in [0.4, 0.5) is 5.69 Å². The second kappa shape index (κ2) is 6.75. The van der Waals surface area contributed by atoms with Crippen LogP contribution in [0.3, 0.4) is 0 Å². The Hall–Kier alpha value is -2.30. The summed E-state index contributed by atoms with van der Waals surface area (Å²) in [5.74, 6) is 1.20. The molecule has 0 radical (unpaired) electrons. The molecule has 1 aromatic carbocycles. The van der Waals surface area contributed by atoms with Crippen LogP contribution in [-0.2, 0) is 13.0 Å². The van der Waals surface area contributed by atoms with Gasteiger partial charge in [-0.25, -0.2) is 4.98 Å². The smallest absolute Gasteiger partial charge is 0.253 e. The summed E-state index contributed by atoms with van der Waals surface area (Å²) < 4.78 is 5.46. The molecule has 0 aliphatic heterocycles. The van der Waals surface area contributed by atoms with E-state index in [0.29, 0.717) is 18.0 Å². The van der Waals surface area contributed by atoms with Gasteiger partial charge in [0.25, 0.3) is 5.91 Å². The summed E-state index contributed by atoms with van der Waals surface area (Å²) >= 11 is 0. The summed E-state index contributed by atoms with van der Waals surface area (Å²) in [4.78, 5) is 16.3. The lowest BCUT2D eigenvalue weighted by Gasteiger charge is -2.10. The molecule has 2 N–H and O–H groups in total. The average Bonchev–Trinajstić information content (AvgIpc) is 2.94. The predicted octanol–water partition coefficient (Wildman–Crippen LogP) is 2.60. The molecular weight excluding hydrogens is 254 g/mol. The lowest BCUT2D eigenvalue weighted by molar-refractivity contribution is 0.0948. The highest BCUT2D eigenvalue weighted by atomic mass is 16.4. The van der Waals surface area contributed by atoms with E-state index in [1.54, 1.807) is 12.3 Å². The van der Waals surface area contributed by atoms with Gasteiger partial charge in [-0.05, 0) is 19.1 Å². The van der Waals surface area contributed by atoms with Gasteiger partial charge in [-0.3, -0.25) is 4.79 Å². The highest BCUT2D eigenvalue weighted by Gasteiger charge is 2.11. The molecule has 1 aromatic heterocycles. The second-order valence-electron chi connectivity index (χ2n) is 4.33. The molecular formula is C15H19N3O2. The Bertz CT molecular complexity index is 578. The van der Waals surface area contributed by atoms with Gasteiger partial charge in [0.1, 0.15) is 5.76 Å². The Kier molecular flexibility index (Phi) is 4.76. The Morgan fingerprint density at radius 2 is 2.10 bits per heavy atom. The van der Waals surface area contributed by atoms with Crippen LogP contribution < -0.4 is 10.6 Å². The molecule has 0 spiro atoms. The number of oxazole rings is 1. The van der Waals surface area contributed by atoms with Gasteiger partial charge in [-0.1, -0.05) is 19.1 Å². The highest BCUT2D eigenvalue weighted by Crippen LogP contribution is 2.14. The minimum absolute atomic E-state index is 0.141. The monoisotopic (exact) mass is 273 g/mol. The van der Waals surface area contributed by atoms with E-state index in [-0.39, 0.29) is 5.91 Å². The number of hydrogen-bond acceptors (Lipinski definition) is 4. The summed E-state index contributed by atoms with van der Waals surface area (Å²) in [6, 6.07) is 7.42. The number of nitrogens with zero attached hydrogens (tertiary/aromatic N) is 1. The Morgan fingerprint density at radius 3 is 2.80 bits per heavy atom. The van der Waals surface area contributed by atoms with E-state index in [4.69, 9.17) is 4.42 Å². The lowest BCUT2D eigenvalue weighted by Crippen LogP contribution is -2.24. The van der Waals surface area contributed by atoms with E-state index in [0.717, 1.165) is 24.4 Å².